The van der Waals surface area contributed by atoms with Crippen molar-refractivity contribution >= 4 is 17.4 Å². The van der Waals surface area contributed by atoms with Gasteiger partial charge in [0.1, 0.15) is 17.5 Å². The van der Waals surface area contributed by atoms with E-state index >= 15 is 0 Å². The first-order chi connectivity index (χ1) is 8.91. The van der Waals surface area contributed by atoms with Crippen LogP contribution in [0.1, 0.15) is 21.5 Å². The third kappa shape index (κ3) is 2.49. The van der Waals surface area contributed by atoms with Gasteiger partial charge in [0.15, 0.2) is 5.78 Å². The summed E-state index contributed by atoms with van der Waals surface area (Å²) in [4.78, 5) is 12.0. The summed E-state index contributed by atoms with van der Waals surface area (Å²) >= 11 is 5.54. The average molecular weight is 285 g/mol. The van der Waals surface area contributed by atoms with Crippen LogP contribution in [0.25, 0.3) is 0 Å². The van der Waals surface area contributed by atoms with Gasteiger partial charge in [-0.1, -0.05) is 17.7 Å². The Bertz CT molecular complexity index is 668. The van der Waals surface area contributed by atoms with Crippen molar-refractivity contribution in [3.05, 3.63) is 69.5 Å². The van der Waals surface area contributed by atoms with Crippen LogP contribution in [0, 0.1) is 24.4 Å². The summed E-state index contributed by atoms with van der Waals surface area (Å²) in [5.41, 5.74) is -0.588. The molecule has 1 nitrogen and oxygen atoms in total. The quantitative estimate of drug-likeness (QED) is 0.752. The van der Waals surface area contributed by atoms with Gasteiger partial charge >= 0.3 is 0 Å². The van der Waals surface area contributed by atoms with Crippen LogP contribution in [0.3, 0.4) is 0 Å². The molecule has 0 unspecified atom stereocenters. The molecular weight excluding hydrogens is 277 g/mol. The highest BCUT2D eigenvalue weighted by Crippen LogP contribution is 2.22. The van der Waals surface area contributed by atoms with Gasteiger partial charge in [0.05, 0.1) is 10.6 Å². The number of aryl methyl sites for hydroxylation is 1. The van der Waals surface area contributed by atoms with Gasteiger partial charge in [-0.2, -0.15) is 0 Å². The molecule has 0 aromatic heterocycles. The molecule has 0 amide bonds. The summed E-state index contributed by atoms with van der Waals surface area (Å²) in [5.74, 6) is -3.47. The fraction of sp³-hybridized carbons (Fsp3) is 0.0714. The average Bonchev–Trinajstić information content (AvgIpc) is 2.37. The Morgan fingerprint density at radius 3 is 2.32 bits per heavy atom. The summed E-state index contributed by atoms with van der Waals surface area (Å²) in [6.07, 6.45) is 0. The predicted molar refractivity (Wildman–Crippen MR) is 65.9 cm³/mol. The number of benzene rings is 2. The number of hydrogen-bond acceptors (Lipinski definition) is 1. The zero-order valence-electron chi connectivity index (χ0n) is 9.81. The maximum Gasteiger partial charge on any atom is 0.199 e. The summed E-state index contributed by atoms with van der Waals surface area (Å²) in [7, 11) is 0. The van der Waals surface area contributed by atoms with Crippen LogP contribution < -0.4 is 0 Å². The van der Waals surface area contributed by atoms with Crippen molar-refractivity contribution in [1.82, 2.24) is 0 Å². The molecule has 0 saturated heterocycles. The number of ketones is 1. The highest BCUT2D eigenvalue weighted by molar-refractivity contribution is 6.31. The third-order valence-electron chi connectivity index (χ3n) is 2.69. The van der Waals surface area contributed by atoms with Gasteiger partial charge in [-0.15, -0.1) is 0 Å². The number of halogens is 4. The minimum Gasteiger partial charge on any atom is -0.288 e. The van der Waals surface area contributed by atoms with E-state index in [1.165, 1.54) is 13.0 Å². The van der Waals surface area contributed by atoms with Crippen LogP contribution in [0.15, 0.2) is 30.3 Å². The first-order valence-electron chi connectivity index (χ1n) is 5.36. The SMILES string of the molecule is Cc1ccc(F)c(C(=O)c2ccc(F)c(Cl)c2)c1F. The Balaban J connectivity index is 2.56. The van der Waals surface area contributed by atoms with Crippen molar-refractivity contribution < 1.29 is 18.0 Å². The summed E-state index contributed by atoms with van der Waals surface area (Å²) in [6, 6.07) is 5.39. The molecule has 2 aromatic carbocycles. The molecule has 98 valence electrons. The number of carbonyl (C=O) groups excluding carboxylic acids is 1. The Morgan fingerprint density at radius 1 is 1.05 bits per heavy atom. The maximum atomic E-state index is 13.8. The second kappa shape index (κ2) is 5.05. The smallest absolute Gasteiger partial charge is 0.199 e. The van der Waals surface area contributed by atoms with Gasteiger partial charge in [-0.3, -0.25) is 4.79 Å². The van der Waals surface area contributed by atoms with Gasteiger partial charge in [0, 0.05) is 5.56 Å². The van der Waals surface area contributed by atoms with E-state index in [1.54, 1.807) is 0 Å². The molecule has 0 radical (unpaired) electrons. The molecule has 0 spiro atoms. The van der Waals surface area contributed by atoms with E-state index in [1.807, 2.05) is 0 Å². The van der Waals surface area contributed by atoms with Crippen LogP contribution in [0.2, 0.25) is 5.02 Å². The number of hydrogen-bond donors (Lipinski definition) is 0. The second-order valence-electron chi connectivity index (χ2n) is 4.01. The minimum atomic E-state index is -0.964. The molecule has 5 heteroatoms. The Morgan fingerprint density at radius 2 is 1.68 bits per heavy atom. The van der Waals surface area contributed by atoms with Gasteiger partial charge in [0.2, 0.25) is 0 Å². The third-order valence-corrected chi connectivity index (χ3v) is 2.98. The standard InChI is InChI=1S/C14H8ClF3O/c1-7-2-4-11(17)12(13(7)18)14(19)8-3-5-10(16)9(15)6-8/h2-6H,1H3. The topological polar surface area (TPSA) is 17.1 Å². The van der Waals surface area contributed by atoms with E-state index < -0.39 is 28.8 Å². The number of carbonyl (C=O) groups is 1. The molecule has 19 heavy (non-hydrogen) atoms. The van der Waals surface area contributed by atoms with E-state index in [4.69, 9.17) is 11.6 Å². The monoisotopic (exact) mass is 284 g/mol. The predicted octanol–water partition coefficient (Wildman–Crippen LogP) is 4.30. The zero-order chi connectivity index (χ0) is 14.2. The van der Waals surface area contributed by atoms with Gasteiger partial charge in [0.25, 0.3) is 0 Å². The van der Waals surface area contributed by atoms with Crippen LogP contribution in [-0.2, 0) is 0 Å². The van der Waals surface area contributed by atoms with E-state index in [0.717, 1.165) is 24.3 Å². The second-order valence-corrected chi connectivity index (χ2v) is 4.42. The lowest BCUT2D eigenvalue weighted by atomic mass is 10.00. The van der Waals surface area contributed by atoms with Crippen molar-refractivity contribution in [1.29, 1.82) is 0 Å². The lowest BCUT2D eigenvalue weighted by Gasteiger charge is -2.07. The van der Waals surface area contributed by atoms with Crippen molar-refractivity contribution in [2.45, 2.75) is 6.92 Å². The van der Waals surface area contributed by atoms with Crippen molar-refractivity contribution in [3.8, 4) is 0 Å². The first-order valence-corrected chi connectivity index (χ1v) is 5.74. The molecule has 0 aliphatic rings. The van der Waals surface area contributed by atoms with Crippen molar-refractivity contribution in [3.63, 3.8) is 0 Å². The van der Waals surface area contributed by atoms with E-state index in [9.17, 15) is 18.0 Å². The van der Waals surface area contributed by atoms with Crippen LogP contribution in [0.5, 0.6) is 0 Å². The molecule has 0 saturated carbocycles. The van der Waals surface area contributed by atoms with Crippen molar-refractivity contribution in [2.24, 2.45) is 0 Å². The van der Waals surface area contributed by atoms with E-state index in [2.05, 4.69) is 0 Å². The van der Waals surface area contributed by atoms with Crippen LogP contribution >= 0.6 is 11.6 Å². The number of rotatable bonds is 2. The maximum absolute atomic E-state index is 13.8. The normalized spacial score (nSPS) is 10.6. The molecule has 0 fully saturated rings. The molecule has 2 aromatic rings. The molecule has 0 aliphatic heterocycles. The van der Waals surface area contributed by atoms with Gasteiger partial charge < -0.3 is 0 Å². The van der Waals surface area contributed by atoms with Crippen LogP contribution in [-0.4, -0.2) is 5.78 Å². The molecule has 2 rings (SSSR count). The largest absolute Gasteiger partial charge is 0.288 e. The van der Waals surface area contributed by atoms with Gasteiger partial charge in [-0.05, 0) is 36.8 Å². The summed E-state index contributed by atoms with van der Waals surface area (Å²) < 4.78 is 40.4. The molecule has 0 N–H and O–H groups in total. The van der Waals surface area contributed by atoms with Crippen molar-refractivity contribution in [2.75, 3.05) is 0 Å². The Labute approximate surface area is 112 Å². The fourth-order valence-corrected chi connectivity index (χ4v) is 1.83. The highest BCUT2D eigenvalue weighted by atomic mass is 35.5. The Kier molecular flexibility index (Phi) is 3.62. The summed E-state index contributed by atoms with van der Waals surface area (Å²) in [5, 5.41) is -0.278. The molecule has 0 heterocycles. The van der Waals surface area contributed by atoms with Gasteiger partial charge in [-0.25, -0.2) is 13.2 Å². The Hall–Kier alpha value is -1.81. The lowest BCUT2D eigenvalue weighted by molar-refractivity contribution is 0.103. The highest BCUT2D eigenvalue weighted by Gasteiger charge is 2.21. The minimum absolute atomic E-state index is 0.0743. The molecule has 0 bridgehead atoms. The zero-order valence-corrected chi connectivity index (χ0v) is 10.6. The fourth-order valence-electron chi connectivity index (χ4n) is 1.65. The van der Waals surface area contributed by atoms with E-state index in [0.29, 0.717) is 0 Å². The van der Waals surface area contributed by atoms with Crippen LogP contribution in [0.4, 0.5) is 13.2 Å². The molecule has 0 atom stereocenters. The lowest BCUT2D eigenvalue weighted by Crippen LogP contribution is -2.09. The molecular formula is C14H8ClF3O. The summed E-state index contributed by atoms with van der Waals surface area (Å²) in [6.45, 7) is 1.42. The first kappa shape index (κ1) is 13.6. The van der Waals surface area contributed by atoms with E-state index in [-0.39, 0.29) is 16.1 Å². The molecule has 0 aliphatic carbocycles.